The molecule has 6 heterocycles. The molecule has 0 radical (unpaired) electrons. The predicted molar refractivity (Wildman–Crippen MR) is 335 cm³/mol. The van der Waals surface area contributed by atoms with Crippen LogP contribution in [0.3, 0.4) is 0 Å². The van der Waals surface area contributed by atoms with Crippen LogP contribution in [0.25, 0.3) is 0 Å². The maximum Gasteiger partial charge on any atom is 1.00 e. The summed E-state index contributed by atoms with van der Waals surface area (Å²) in [4.78, 5) is 71.5. The Morgan fingerprint density at radius 3 is 0.743 bits per heavy atom. The van der Waals surface area contributed by atoms with Crippen molar-refractivity contribution in [2.45, 2.75) is 240 Å². The molecule has 0 aromatic carbocycles. The summed E-state index contributed by atoms with van der Waals surface area (Å²) in [6, 6.07) is 0. The van der Waals surface area contributed by atoms with Crippen LogP contribution >= 0.6 is 0 Å². The van der Waals surface area contributed by atoms with Crippen LogP contribution < -0.4 is 88.7 Å². The molecular formula is C62H103Na3O33S3. The van der Waals surface area contributed by atoms with Gasteiger partial charge >= 0.3 is 120 Å². The number of esters is 6. The maximum atomic E-state index is 12.1. The van der Waals surface area contributed by atoms with Gasteiger partial charge in [-0.05, 0) is 38.5 Å². The molecule has 2 unspecified atom stereocenters. The van der Waals surface area contributed by atoms with Gasteiger partial charge in [-0.25, -0.2) is 0 Å². The minimum Gasteiger partial charge on any atom is -0.480 e. The van der Waals surface area contributed by atoms with Gasteiger partial charge in [-0.1, -0.05) is 127 Å². The molecule has 0 aromatic rings. The van der Waals surface area contributed by atoms with Crippen LogP contribution in [0.5, 0.6) is 0 Å². The van der Waals surface area contributed by atoms with Crippen LogP contribution in [0.1, 0.15) is 166 Å². The summed E-state index contributed by atoms with van der Waals surface area (Å²) in [6.07, 6.45) is 10.9. The number of hydrogen-bond acceptors (Lipinski definition) is 33. The predicted octanol–water partition coefficient (Wildman–Crippen LogP) is -4.20. The zero-order valence-corrected chi connectivity index (χ0v) is 69.2. The Bertz CT molecular complexity index is 2350. The fourth-order valence-corrected chi connectivity index (χ4v) is 9.42. The second-order valence-electron chi connectivity index (χ2n) is 23.4. The second kappa shape index (κ2) is 62.8. The van der Waals surface area contributed by atoms with Crippen molar-refractivity contribution in [3.8, 4) is 0 Å². The van der Waals surface area contributed by atoms with Crippen molar-refractivity contribution < 1.29 is 241 Å². The van der Waals surface area contributed by atoms with E-state index in [0.29, 0.717) is 64.7 Å². The minimum atomic E-state index is -3.11. The third kappa shape index (κ3) is 52.5. The van der Waals surface area contributed by atoms with Crippen molar-refractivity contribution in [2.75, 3.05) is 79.3 Å². The first-order chi connectivity index (χ1) is 46.6. The van der Waals surface area contributed by atoms with E-state index in [9.17, 15) is 28.8 Å². The van der Waals surface area contributed by atoms with Crippen LogP contribution in [0.4, 0.5) is 0 Å². The average molecular weight is 1540 g/mol. The summed E-state index contributed by atoms with van der Waals surface area (Å²) in [7, 11) is -9.33. The van der Waals surface area contributed by atoms with E-state index < -0.39 is 104 Å². The zero-order chi connectivity index (χ0) is 73.4. The molecule has 0 saturated carbocycles. The molecule has 0 N–H and O–H groups in total. The molecule has 0 aromatic heterocycles. The van der Waals surface area contributed by atoms with Gasteiger partial charge in [-0.3, -0.25) is 48.0 Å². The molecule has 39 heteroatoms. The molecule has 0 bridgehead atoms. The zero-order valence-electron chi connectivity index (χ0n) is 60.8. The monoisotopic (exact) mass is 1540 g/mol. The van der Waals surface area contributed by atoms with E-state index in [0.717, 1.165) is 89.9 Å². The number of ether oxygens (including phenoxy) is 18. The summed E-state index contributed by atoms with van der Waals surface area (Å²) >= 11 is 0. The van der Waals surface area contributed by atoms with Gasteiger partial charge in [0.1, 0.15) is 36.6 Å². The van der Waals surface area contributed by atoms with Gasteiger partial charge in [0.15, 0.2) is 55.6 Å². The number of hydrogen-bond donors (Lipinski definition) is 0. The largest absolute Gasteiger partial charge is 1.00 e. The summed E-state index contributed by atoms with van der Waals surface area (Å²) < 4.78 is 174. The molecule has 6 aliphatic rings. The van der Waals surface area contributed by atoms with Crippen LogP contribution in [-0.2, 0) is 146 Å². The molecule has 0 aliphatic carbocycles. The molecule has 6 rings (SSSR count). The second-order valence-corrected chi connectivity index (χ2v) is 24.6. The molecule has 2 atom stereocenters. The quantitative estimate of drug-likeness (QED) is 0.0275. The average Bonchev–Trinajstić information content (AvgIpc) is 0.900. The first kappa shape index (κ1) is 103. The van der Waals surface area contributed by atoms with E-state index in [1.165, 1.54) is 6.42 Å². The van der Waals surface area contributed by atoms with Gasteiger partial charge in [0.2, 0.25) is 0 Å². The number of carbonyl (C=O) groups excluding carboxylic acids is 6. The van der Waals surface area contributed by atoms with Gasteiger partial charge in [0, 0.05) is 23.7 Å². The molecule has 6 saturated heterocycles. The number of rotatable bonds is 31. The Morgan fingerprint density at radius 2 is 0.545 bits per heavy atom. The Labute approximate surface area is 664 Å². The molecule has 0 amide bonds. The van der Waals surface area contributed by atoms with Gasteiger partial charge in [0.25, 0.3) is 17.9 Å². The molecular weight excluding hydrogens is 1440 g/mol. The molecule has 6 aliphatic heterocycles. The third-order valence-electron chi connectivity index (χ3n) is 14.3. The van der Waals surface area contributed by atoms with Crippen molar-refractivity contribution >= 4 is 67.6 Å². The summed E-state index contributed by atoms with van der Waals surface area (Å²) in [6.45, 7) is 24.2. The van der Waals surface area contributed by atoms with Crippen molar-refractivity contribution in [2.24, 2.45) is 23.7 Å². The fourth-order valence-electron chi connectivity index (χ4n) is 9.42. The first-order valence-corrected chi connectivity index (χ1v) is 36.0. The van der Waals surface area contributed by atoms with Crippen molar-refractivity contribution in [1.29, 1.82) is 0 Å². The van der Waals surface area contributed by atoms with Gasteiger partial charge in [-0.15, -0.1) is 37.9 Å². The first-order valence-electron chi connectivity index (χ1n) is 33.0. The van der Waals surface area contributed by atoms with Crippen molar-refractivity contribution in [1.82, 2.24) is 0 Å². The van der Waals surface area contributed by atoms with Crippen LogP contribution in [0, 0.1) is 42.9 Å². The standard InChI is InChI=1S/C26H45O8.2C18H29O8.3Na.3O3S/c1-5-9-11-19(7-3)25-29-15-21(16-30-25)33-23(27)13-14-24(28)34-22-17-31-26(32-18-22)20(8-4)12-10-6-2;1-11(2)17-21-7-13(8-22-17)25-15(19)5-6-16(20)26-14-9-23-18(12(3)4)24-10-14;1-3-5-17-21-9-13(10-22-17)25-15(19)7-8-16(20)26-14-11-23-18(6-4-2)24-12-14;;;;3*1-4(2)3/h13,19-22,25-26H,5-12,14-18H2,1-4H3;5,11-14,17-18H,6-10H2,1-4H3;7,13-14,17-18H,3-6,8-12H2,1-2H3;;;;;;/q3*-1;3*+1;;;. The summed E-state index contributed by atoms with van der Waals surface area (Å²) in [5, 5.41) is 0. The Hall–Kier alpha value is -2.19. The smallest absolute Gasteiger partial charge is 0.480 e. The van der Waals surface area contributed by atoms with Crippen LogP contribution in [0.2, 0.25) is 0 Å². The fraction of sp³-hybridized carbons (Fsp3) is 0.855. The van der Waals surface area contributed by atoms with Crippen LogP contribution in [-0.4, -0.2) is 227 Å². The molecule has 0 spiro atoms. The summed E-state index contributed by atoms with van der Waals surface area (Å²) in [5.41, 5.74) is 0. The number of carbonyl (C=O) groups is 6. The van der Waals surface area contributed by atoms with Crippen molar-refractivity contribution in [3.63, 3.8) is 0 Å². The van der Waals surface area contributed by atoms with E-state index in [4.69, 9.17) is 123 Å². The normalized spacial score (nSPS) is 24.8. The van der Waals surface area contributed by atoms with Crippen LogP contribution in [0.15, 0.2) is 0 Å². The molecule has 6 fully saturated rings. The Kier molecular flexibility index (Phi) is 64.0. The summed E-state index contributed by atoms with van der Waals surface area (Å²) in [5.74, 6) is -2.16. The van der Waals surface area contributed by atoms with E-state index in [-0.39, 0.29) is 184 Å². The third-order valence-corrected chi connectivity index (χ3v) is 14.3. The maximum absolute atomic E-state index is 12.1. The van der Waals surface area contributed by atoms with Gasteiger partial charge in [-0.2, -0.15) is 0 Å². The SMILES string of the molecule is CC(C)C1OCC(OC(=O)[CH-]CC(=O)OC2COC(C(C)C)OC2)CO1.CCCC1OCC(OC(=O)[CH-]CC(=O)OC2COC(CCC)OC2)CO1.CCCCC(CC)C1OCC(OC(=O)[CH-]CC(=O)OC2COC(C(CC)CCCC)OC2)CO1.O=S(=O)=O.O=S(=O)=O.O=S(=O)=O.[Na+].[Na+].[Na+]. The van der Waals surface area contributed by atoms with Gasteiger partial charge in [0.05, 0.1) is 79.3 Å². The Morgan fingerprint density at radius 1 is 0.337 bits per heavy atom. The molecule has 101 heavy (non-hydrogen) atoms. The van der Waals surface area contributed by atoms with E-state index in [1.54, 1.807) is 0 Å². The van der Waals surface area contributed by atoms with Gasteiger partial charge < -0.3 is 85.3 Å². The minimum absolute atomic E-state index is 0. The topological polar surface area (TPSA) is 422 Å². The Balaban J connectivity index is -0.00000131. The molecule has 33 nitrogen and oxygen atoms in total. The van der Waals surface area contributed by atoms with E-state index in [1.807, 2.05) is 41.5 Å². The van der Waals surface area contributed by atoms with Crippen molar-refractivity contribution in [3.05, 3.63) is 19.3 Å². The van der Waals surface area contributed by atoms with E-state index in [2.05, 4.69) is 27.7 Å². The molecule has 570 valence electrons. The number of unbranched alkanes of at least 4 members (excludes halogenated alkanes) is 2. The van der Waals surface area contributed by atoms with E-state index >= 15 is 0 Å².